The Morgan fingerprint density at radius 1 is 1.09 bits per heavy atom. The SMILES string of the molecule is CCC(=O)N1CCC(C(=NC)C(=O)N2CCC(c3ccccc3C(F)(F)F)CC2)=C(C)C1. The Bertz CT molecular complexity index is 929. The van der Waals surface area contributed by atoms with Crippen molar-refractivity contribution in [2.45, 2.75) is 51.6 Å². The second-order valence-corrected chi connectivity index (χ2v) is 8.40. The van der Waals surface area contributed by atoms with Gasteiger partial charge in [-0.25, -0.2) is 0 Å². The number of carbonyl (C=O) groups is 2. The molecule has 1 aromatic carbocycles. The van der Waals surface area contributed by atoms with E-state index in [2.05, 4.69) is 4.99 Å². The highest BCUT2D eigenvalue weighted by molar-refractivity contribution is 6.45. The molecule has 0 atom stereocenters. The maximum atomic E-state index is 13.4. The number of aliphatic imine (C=N–C) groups is 1. The van der Waals surface area contributed by atoms with E-state index in [4.69, 9.17) is 0 Å². The van der Waals surface area contributed by atoms with E-state index in [0.717, 1.165) is 17.2 Å². The Hall–Kier alpha value is -2.64. The van der Waals surface area contributed by atoms with Gasteiger partial charge >= 0.3 is 6.18 Å². The van der Waals surface area contributed by atoms with Crippen molar-refractivity contribution in [2.75, 3.05) is 33.2 Å². The summed E-state index contributed by atoms with van der Waals surface area (Å²) in [7, 11) is 1.59. The van der Waals surface area contributed by atoms with E-state index in [9.17, 15) is 22.8 Å². The van der Waals surface area contributed by atoms with Gasteiger partial charge in [-0.3, -0.25) is 14.6 Å². The van der Waals surface area contributed by atoms with Gasteiger partial charge in [0.15, 0.2) is 0 Å². The molecule has 2 aliphatic heterocycles. The number of likely N-dealkylation sites (tertiary alicyclic amines) is 1. The first kappa shape index (κ1) is 24.0. The fourth-order valence-corrected chi connectivity index (χ4v) is 4.69. The van der Waals surface area contributed by atoms with Gasteiger partial charge in [0.05, 0.1) is 5.56 Å². The van der Waals surface area contributed by atoms with Gasteiger partial charge < -0.3 is 9.80 Å². The molecule has 2 aliphatic rings. The van der Waals surface area contributed by atoms with E-state index in [1.165, 1.54) is 6.07 Å². The minimum atomic E-state index is -4.39. The molecule has 8 heteroatoms. The summed E-state index contributed by atoms with van der Waals surface area (Å²) in [5, 5.41) is 0. The highest BCUT2D eigenvalue weighted by Crippen LogP contribution is 2.38. The third kappa shape index (κ3) is 5.05. The van der Waals surface area contributed by atoms with Crippen LogP contribution in [-0.4, -0.2) is 60.6 Å². The molecular weight excluding hydrogens is 419 g/mol. The number of halogens is 3. The van der Waals surface area contributed by atoms with Crippen LogP contribution in [0, 0.1) is 0 Å². The monoisotopic (exact) mass is 449 g/mol. The molecule has 2 heterocycles. The van der Waals surface area contributed by atoms with Crippen molar-refractivity contribution in [3.8, 4) is 0 Å². The number of nitrogens with zero attached hydrogens (tertiary/aromatic N) is 3. The number of hydrogen-bond donors (Lipinski definition) is 0. The molecule has 0 saturated carbocycles. The minimum Gasteiger partial charge on any atom is -0.338 e. The summed E-state index contributed by atoms with van der Waals surface area (Å²) in [6, 6.07) is 5.71. The number of rotatable bonds is 4. The number of amides is 2. The molecule has 0 radical (unpaired) electrons. The van der Waals surface area contributed by atoms with E-state index in [-0.39, 0.29) is 17.7 Å². The second kappa shape index (κ2) is 9.88. The van der Waals surface area contributed by atoms with Crippen LogP contribution in [0.3, 0.4) is 0 Å². The third-order valence-corrected chi connectivity index (χ3v) is 6.43. The zero-order valence-corrected chi connectivity index (χ0v) is 18.8. The van der Waals surface area contributed by atoms with Gasteiger partial charge in [0, 0.05) is 39.6 Å². The Morgan fingerprint density at radius 2 is 1.75 bits per heavy atom. The molecule has 0 unspecified atom stereocenters. The molecule has 0 aromatic heterocycles. The number of carbonyl (C=O) groups excluding carboxylic acids is 2. The lowest BCUT2D eigenvalue weighted by Gasteiger charge is -2.35. The van der Waals surface area contributed by atoms with Crippen LogP contribution in [0.2, 0.25) is 0 Å². The molecule has 1 aromatic rings. The fraction of sp³-hybridized carbons (Fsp3) is 0.542. The van der Waals surface area contributed by atoms with Crippen LogP contribution < -0.4 is 0 Å². The molecule has 0 N–H and O–H groups in total. The average molecular weight is 450 g/mol. The molecule has 0 bridgehead atoms. The first-order valence-electron chi connectivity index (χ1n) is 11.1. The smallest absolute Gasteiger partial charge is 0.338 e. The van der Waals surface area contributed by atoms with Crippen molar-refractivity contribution >= 4 is 17.5 Å². The number of benzene rings is 1. The van der Waals surface area contributed by atoms with Gasteiger partial charge in [0.2, 0.25) is 5.91 Å². The van der Waals surface area contributed by atoms with Crippen LogP contribution in [0.5, 0.6) is 0 Å². The van der Waals surface area contributed by atoms with Crippen LogP contribution in [-0.2, 0) is 15.8 Å². The molecule has 3 rings (SSSR count). The van der Waals surface area contributed by atoms with E-state index in [0.29, 0.717) is 63.1 Å². The molecule has 174 valence electrons. The zero-order valence-electron chi connectivity index (χ0n) is 18.8. The van der Waals surface area contributed by atoms with Crippen molar-refractivity contribution in [3.63, 3.8) is 0 Å². The fourth-order valence-electron chi connectivity index (χ4n) is 4.69. The largest absolute Gasteiger partial charge is 0.416 e. The lowest BCUT2D eigenvalue weighted by Crippen LogP contribution is -2.44. The Morgan fingerprint density at radius 3 is 2.31 bits per heavy atom. The van der Waals surface area contributed by atoms with Crippen molar-refractivity contribution in [2.24, 2.45) is 4.99 Å². The normalized spacial score (nSPS) is 18.9. The number of alkyl halides is 3. The quantitative estimate of drug-likeness (QED) is 0.638. The van der Waals surface area contributed by atoms with Gasteiger partial charge in [-0.05, 0) is 54.9 Å². The van der Waals surface area contributed by atoms with Crippen LogP contribution in [0.25, 0.3) is 0 Å². The van der Waals surface area contributed by atoms with Gasteiger partial charge in [-0.1, -0.05) is 25.1 Å². The van der Waals surface area contributed by atoms with Gasteiger partial charge in [-0.15, -0.1) is 0 Å². The summed E-state index contributed by atoms with van der Waals surface area (Å²) in [6.45, 7) is 5.58. The summed E-state index contributed by atoms with van der Waals surface area (Å²) in [5.41, 5.74) is 1.96. The summed E-state index contributed by atoms with van der Waals surface area (Å²) in [4.78, 5) is 33.0. The summed E-state index contributed by atoms with van der Waals surface area (Å²) >= 11 is 0. The topological polar surface area (TPSA) is 53.0 Å². The third-order valence-electron chi connectivity index (χ3n) is 6.43. The summed E-state index contributed by atoms with van der Waals surface area (Å²) in [5.74, 6) is -0.325. The minimum absolute atomic E-state index is 0.0888. The Kier molecular flexibility index (Phi) is 7.41. The number of piperidine rings is 1. The molecule has 0 aliphatic carbocycles. The van der Waals surface area contributed by atoms with E-state index >= 15 is 0 Å². The lowest BCUT2D eigenvalue weighted by atomic mass is 9.86. The average Bonchev–Trinajstić information content (AvgIpc) is 2.79. The number of hydrogen-bond acceptors (Lipinski definition) is 3. The lowest BCUT2D eigenvalue weighted by molar-refractivity contribution is -0.138. The van der Waals surface area contributed by atoms with Crippen LogP contribution >= 0.6 is 0 Å². The van der Waals surface area contributed by atoms with E-state index in [1.807, 2.05) is 13.8 Å². The Balaban J connectivity index is 1.70. The predicted octanol–water partition coefficient (Wildman–Crippen LogP) is 4.44. The van der Waals surface area contributed by atoms with Crippen molar-refractivity contribution in [1.29, 1.82) is 0 Å². The van der Waals surface area contributed by atoms with Crippen LogP contribution in [0.15, 0.2) is 40.4 Å². The van der Waals surface area contributed by atoms with Crippen LogP contribution in [0.1, 0.15) is 56.6 Å². The van der Waals surface area contributed by atoms with Crippen molar-refractivity contribution in [3.05, 3.63) is 46.5 Å². The molecule has 32 heavy (non-hydrogen) atoms. The van der Waals surface area contributed by atoms with E-state index < -0.39 is 11.7 Å². The van der Waals surface area contributed by atoms with Gasteiger partial charge in [0.1, 0.15) is 5.71 Å². The first-order chi connectivity index (χ1) is 15.2. The molecule has 1 fully saturated rings. The van der Waals surface area contributed by atoms with Crippen LogP contribution in [0.4, 0.5) is 13.2 Å². The van der Waals surface area contributed by atoms with Gasteiger partial charge in [0.25, 0.3) is 5.91 Å². The standard InChI is InChI=1S/C24H30F3N3O2/c1-4-21(31)30-14-11-18(16(2)15-30)22(28-3)23(32)29-12-9-17(10-13-29)19-7-5-6-8-20(19)24(25,26)27/h5-8,17H,4,9-15H2,1-3H3. The first-order valence-corrected chi connectivity index (χ1v) is 11.1. The van der Waals surface area contributed by atoms with E-state index in [1.54, 1.807) is 29.0 Å². The zero-order chi connectivity index (χ0) is 23.5. The highest BCUT2D eigenvalue weighted by atomic mass is 19.4. The summed E-state index contributed by atoms with van der Waals surface area (Å²) in [6.07, 6.45) is -2.41. The highest BCUT2D eigenvalue weighted by Gasteiger charge is 2.36. The summed E-state index contributed by atoms with van der Waals surface area (Å²) < 4.78 is 40.2. The predicted molar refractivity (Wildman–Crippen MR) is 118 cm³/mol. The molecule has 5 nitrogen and oxygen atoms in total. The molecule has 1 saturated heterocycles. The molecule has 2 amide bonds. The Labute approximate surface area is 187 Å². The maximum Gasteiger partial charge on any atom is 0.416 e. The van der Waals surface area contributed by atoms with Crippen molar-refractivity contribution in [1.82, 2.24) is 9.80 Å². The maximum absolute atomic E-state index is 13.4. The second-order valence-electron chi connectivity index (χ2n) is 8.40. The van der Waals surface area contributed by atoms with Crippen molar-refractivity contribution < 1.29 is 22.8 Å². The molecule has 0 spiro atoms. The molecular formula is C24H30F3N3O2. The van der Waals surface area contributed by atoms with Gasteiger partial charge in [-0.2, -0.15) is 13.2 Å².